The van der Waals surface area contributed by atoms with Crippen LogP contribution in [0.3, 0.4) is 0 Å². The van der Waals surface area contributed by atoms with E-state index in [2.05, 4.69) is 27.7 Å². The van der Waals surface area contributed by atoms with Crippen molar-refractivity contribution >= 4 is 11.6 Å². The van der Waals surface area contributed by atoms with Crippen LogP contribution in [0.4, 0.5) is 4.39 Å². The Balaban J connectivity index is 2.12. The maximum atomic E-state index is 13.5. The minimum atomic E-state index is -0.135. The number of aryl methyl sites for hydroxylation is 1. The first-order chi connectivity index (χ1) is 9.76. The van der Waals surface area contributed by atoms with Gasteiger partial charge in [-0.2, -0.15) is 0 Å². The zero-order valence-electron chi connectivity index (χ0n) is 13.8. The quantitative estimate of drug-likeness (QED) is 0.588. The van der Waals surface area contributed by atoms with Crippen LogP contribution in [0.2, 0.25) is 0 Å². The van der Waals surface area contributed by atoms with Gasteiger partial charge in [0.25, 0.3) is 0 Å². The minimum absolute atomic E-state index is 0.135. The molecule has 0 heterocycles. The Bertz CT molecular complexity index is 479. The molecule has 0 amide bonds. The van der Waals surface area contributed by atoms with Crippen LogP contribution in [0.1, 0.15) is 57.6 Å². The van der Waals surface area contributed by atoms with Crippen molar-refractivity contribution in [2.24, 2.45) is 16.7 Å². The van der Waals surface area contributed by atoms with E-state index < -0.39 is 0 Å². The van der Waals surface area contributed by atoms with Crippen LogP contribution in [-0.4, -0.2) is 5.88 Å². The van der Waals surface area contributed by atoms with E-state index in [1.165, 1.54) is 18.4 Å². The molecule has 0 aromatic heterocycles. The van der Waals surface area contributed by atoms with Crippen molar-refractivity contribution in [2.75, 3.05) is 5.88 Å². The van der Waals surface area contributed by atoms with Gasteiger partial charge in [0, 0.05) is 5.88 Å². The lowest BCUT2D eigenvalue weighted by molar-refractivity contribution is 0.102. The fourth-order valence-corrected chi connectivity index (χ4v) is 4.05. The largest absolute Gasteiger partial charge is 0.207 e. The Hall–Kier alpha value is -0.560. The van der Waals surface area contributed by atoms with Crippen LogP contribution in [0, 0.1) is 29.5 Å². The number of rotatable bonds is 3. The fourth-order valence-electron chi connectivity index (χ4n) is 3.69. The van der Waals surface area contributed by atoms with Gasteiger partial charge in [0.05, 0.1) is 0 Å². The summed E-state index contributed by atoms with van der Waals surface area (Å²) in [6.45, 7) is 9.07. The molecule has 0 saturated heterocycles. The molecule has 0 bridgehead atoms. The molecule has 0 nitrogen and oxygen atoms in total. The molecular weight excluding hydrogens is 283 g/mol. The van der Waals surface area contributed by atoms with Gasteiger partial charge in [-0.25, -0.2) is 4.39 Å². The Kier molecular flexibility index (Phi) is 5.03. The van der Waals surface area contributed by atoms with E-state index >= 15 is 0 Å². The molecule has 0 N–H and O–H groups in total. The van der Waals surface area contributed by atoms with Gasteiger partial charge in [-0.05, 0) is 79.0 Å². The zero-order valence-corrected chi connectivity index (χ0v) is 14.6. The summed E-state index contributed by atoms with van der Waals surface area (Å²) in [5.41, 5.74) is 2.85. The van der Waals surface area contributed by atoms with Crippen LogP contribution in [-0.2, 0) is 6.42 Å². The topological polar surface area (TPSA) is 0 Å². The Morgan fingerprint density at radius 1 is 1.24 bits per heavy atom. The highest BCUT2D eigenvalue weighted by Crippen LogP contribution is 2.47. The minimum Gasteiger partial charge on any atom is -0.207 e. The lowest BCUT2D eigenvalue weighted by Gasteiger charge is -2.43. The van der Waals surface area contributed by atoms with E-state index in [4.69, 9.17) is 11.6 Å². The lowest BCUT2D eigenvalue weighted by Crippen LogP contribution is -2.35. The fraction of sp³-hybridized carbons (Fsp3) is 0.684. The molecule has 1 aromatic carbocycles. The predicted octanol–water partition coefficient (Wildman–Crippen LogP) is 6.14. The molecule has 1 aromatic rings. The molecule has 21 heavy (non-hydrogen) atoms. The van der Waals surface area contributed by atoms with Gasteiger partial charge in [-0.15, -0.1) is 11.6 Å². The van der Waals surface area contributed by atoms with Crippen LogP contribution in [0.15, 0.2) is 18.2 Å². The van der Waals surface area contributed by atoms with Gasteiger partial charge < -0.3 is 0 Å². The van der Waals surface area contributed by atoms with Crippen molar-refractivity contribution in [3.63, 3.8) is 0 Å². The van der Waals surface area contributed by atoms with E-state index in [0.717, 1.165) is 30.7 Å². The van der Waals surface area contributed by atoms with Gasteiger partial charge in [-0.1, -0.05) is 26.8 Å². The average molecular weight is 311 g/mol. The van der Waals surface area contributed by atoms with Crippen molar-refractivity contribution in [3.8, 4) is 0 Å². The van der Waals surface area contributed by atoms with Crippen LogP contribution in [0.5, 0.6) is 0 Å². The third-order valence-corrected chi connectivity index (χ3v) is 6.00. The van der Waals surface area contributed by atoms with E-state index in [1.807, 2.05) is 6.07 Å². The highest BCUT2D eigenvalue weighted by atomic mass is 35.5. The first-order valence-corrected chi connectivity index (χ1v) is 8.60. The summed E-state index contributed by atoms with van der Waals surface area (Å²) in [6.07, 6.45) is 5.72. The Labute approximate surface area is 134 Å². The summed E-state index contributed by atoms with van der Waals surface area (Å²) in [6, 6.07) is 5.12. The van der Waals surface area contributed by atoms with Crippen LogP contribution < -0.4 is 0 Å². The molecule has 1 aliphatic carbocycles. The smallest absolute Gasteiger partial charge is 0.123 e. The molecule has 1 fully saturated rings. The molecule has 0 radical (unpaired) electrons. The van der Waals surface area contributed by atoms with Crippen LogP contribution in [0.25, 0.3) is 0 Å². The molecule has 1 saturated carbocycles. The maximum Gasteiger partial charge on any atom is 0.123 e. The molecule has 2 rings (SSSR count). The van der Waals surface area contributed by atoms with Gasteiger partial charge >= 0.3 is 0 Å². The first kappa shape index (κ1) is 16.8. The Morgan fingerprint density at radius 2 is 1.86 bits per heavy atom. The SMILES string of the molecule is Cc1ccc(F)cc1CC1(CCl)CCC(C(C)(C)C)CC1. The van der Waals surface area contributed by atoms with Gasteiger partial charge in [0.2, 0.25) is 0 Å². The van der Waals surface area contributed by atoms with Gasteiger partial charge in [-0.3, -0.25) is 0 Å². The summed E-state index contributed by atoms with van der Waals surface area (Å²) in [7, 11) is 0. The summed E-state index contributed by atoms with van der Waals surface area (Å²) in [5, 5.41) is 0. The maximum absolute atomic E-state index is 13.5. The number of hydrogen-bond acceptors (Lipinski definition) is 0. The molecule has 0 atom stereocenters. The molecule has 2 heteroatoms. The van der Waals surface area contributed by atoms with E-state index in [9.17, 15) is 4.39 Å². The summed E-state index contributed by atoms with van der Waals surface area (Å²) in [4.78, 5) is 0. The van der Waals surface area contributed by atoms with E-state index in [0.29, 0.717) is 11.3 Å². The predicted molar refractivity (Wildman–Crippen MR) is 89.4 cm³/mol. The molecular formula is C19H28ClF. The van der Waals surface area contributed by atoms with Crippen molar-refractivity contribution in [2.45, 2.75) is 59.8 Å². The number of hydrogen-bond donors (Lipinski definition) is 0. The third-order valence-electron chi connectivity index (χ3n) is 5.43. The van der Waals surface area contributed by atoms with Crippen molar-refractivity contribution in [1.29, 1.82) is 0 Å². The number of halogens is 2. The molecule has 118 valence electrons. The van der Waals surface area contributed by atoms with Crippen molar-refractivity contribution in [1.82, 2.24) is 0 Å². The second kappa shape index (κ2) is 6.28. The van der Waals surface area contributed by atoms with E-state index in [1.54, 1.807) is 12.1 Å². The summed E-state index contributed by atoms with van der Waals surface area (Å²) in [5.74, 6) is 1.32. The van der Waals surface area contributed by atoms with Gasteiger partial charge in [0.15, 0.2) is 0 Å². The first-order valence-electron chi connectivity index (χ1n) is 8.07. The van der Waals surface area contributed by atoms with Crippen molar-refractivity contribution < 1.29 is 4.39 Å². The number of alkyl halides is 1. The monoisotopic (exact) mass is 310 g/mol. The summed E-state index contributed by atoms with van der Waals surface area (Å²) >= 11 is 6.35. The van der Waals surface area contributed by atoms with Gasteiger partial charge in [0.1, 0.15) is 5.82 Å². The molecule has 0 unspecified atom stereocenters. The lowest BCUT2D eigenvalue weighted by atomic mass is 9.63. The molecule has 0 spiro atoms. The highest BCUT2D eigenvalue weighted by Gasteiger charge is 2.38. The molecule has 1 aliphatic rings. The van der Waals surface area contributed by atoms with E-state index in [-0.39, 0.29) is 11.2 Å². The normalized spacial score (nSPS) is 26.9. The zero-order chi connectivity index (χ0) is 15.7. The second-order valence-corrected chi connectivity index (χ2v) is 8.29. The van der Waals surface area contributed by atoms with Crippen LogP contribution >= 0.6 is 11.6 Å². The second-order valence-electron chi connectivity index (χ2n) is 8.02. The summed E-state index contributed by atoms with van der Waals surface area (Å²) < 4.78 is 13.5. The number of benzene rings is 1. The van der Waals surface area contributed by atoms with Crippen molar-refractivity contribution in [3.05, 3.63) is 35.1 Å². The highest BCUT2D eigenvalue weighted by molar-refractivity contribution is 6.18. The Morgan fingerprint density at radius 3 is 2.38 bits per heavy atom. The molecule has 0 aliphatic heterocycles. The third kappa shape index (κ3) is 4.00. The average Bonchev–Trinajstić information content (AvgIpc) is 2.42. The standard InChI is InChI=1S/C19H28ClF/c1-14-5-6-17(21)11-15(14)12-19(13-20)9-7-16(8-10-19)18(2,3)4/h5-6,11,16H,7-10,12-13H2,1-4H3.